The van der Waals surface area contributed by atoms with Crippen molar-refractivity contribution >= 4 is 5.97 Å². The van der Waals surface area contributed by atoms with E-state index in [1.165, 1.54) is 0 Å². The van der Waals surface area contributed by atoms with Crippen molar-refractivity contribution in [2.24, 2.45) is 5.41 Å². The summed E-state index contributed by atoms with van der Waals surface area (Å²) in [4.78, 5) is 11.4. The third kappa shape index (κ3) is 3.74. The Morgan fingerprint density at radius 3 is 2.50 bits per heavy atom. The standard InChI is InChI=1S/C10H19O2/c1-5-7-10(3,4)9(11)12-8-6-2/h1,5-8H2,2-4H3. The number of hydrogen-bond acceptors (Lipinski definition) is 2. The van der Waals surface area contributed by atoms with Gasteiger partial charge in [0.05, 0.1) is 12.0 Å². The molecule has 2 heteroatoms. The summed E-state index contributed by atoms with van der Waals surface area (Å²) in [6, 6.07) is 0. The van der Waals surface area contributed by atoms with Crippen LogP contribution in [0, 0.1) is 12.3 Å². The topological polar surface area (TPSA) is 26.3 Å². The third-order valence-corrected chi connectivity index (χ3v) is 1.79. The quantitative estimate of drug-likeness (QED) is 0.594. The lowest BCUT2D eigenvalue weighted by molar-refractivity contribution is -0.154. The molecule has 0 aliphatic rings. The van der Waals surface area contributed by atoms with Crippen LogP contribution in [0.3, 0.4) is 0 Å². The summed E-state index contributed by atoms with van der Waals surface area (Å²) in [6.07, 6.45) is 2.44. The number of rotatable bonds is 5. The van der Waals surface area contributed by atoms with Crippen LogP contribution in [0.5, 0.6) is 0 Å². The maximum Gasteiger partial charge on any atom is 0.311 e. The van der Waals surface area contributed by atoms with Crippen molar-refractivity contribution < 1.29 is 9.53 Å². The molecule has 0 spiro atoms. The van der Waals surface area contributed by atoms with Gasteiger partial charge in [-0.2, -0.15) is 0 Å². The highest BCUT2D eigenvalue weighted by Gasteiger charge is 2.27. The molecule has 0 atom stereocenters. The molecular formula is C10H19O2. The van der Waals surface area contributed by atoms with Crippen molar-refractivity contribution in [2.75, 3.05) is 6.61 Å². The molecule has 0 aromatic heterocycles. The van der Waals surface area contributed by atoms with E-state index < -0.39 is 0 Å². The highest BCUT2D eigenvalue weighted by atomic mass is 16.5. The first-order chi connectivity index (χ1) is 5.54. The highest BCUT2D eigenvalue weighted by Crippen LogP contribution is 2.23. The summed E-state index contributed by atoms with van der Waals surface area (Å²) in [5.41, 5.74) is -0.364. The number of hydrogen-bond donors (Lipinski definition) is 0. The molecule has 12 heavy (non-hydrogen) atoms. The summed E-state index contributed by atoms with van der Waals surface area (Å²) in [5.74, 6) is -0.104. The minimum Gasteiger partial charge on any atom is -0.465 e. The van der Waals surface area contributed by atoms with Crippen molar-refractivity contribution in [1.82, 2.24) is 0 Å². The van der Waals surface area contributed by atoms with Crippen molar-refractivity contribution in [3.8, 4) is 0 Å². The van der Waals surface area contributed by atoms with E-state index in [1.807, 2.05) is 20.8 Å². The average Bonchev–Trinajstić information content (AvgIpc) is 2.00. The molecule has 0 rings (SSSR count). The highest BCUT2D eigenvalue weighted by molar-refractivity contribution is 5.75. The fourth-order valence-corrected chi connectivity index (χ4v) is 0.934. The molecular weight excluding hydrogens is 152 g/mol. The van der Waals surface area contributed by atoms with Crippen LogP contribution in [0.15, 0.2) is 0 Å². The first-order valence-corrected chi connectivity index (χ1v) is 4.51. The Morgan fingerprint density at radius 2 is 2.08 bits per heavy atom. The minimum absolute atomic E-state index is 0.104. The molecule has 0 N–H and O–H groups in total. The smallest absolute Gasteiger partial charge is 0.311 e. The molecule has 0 aromatic rings. The van der Waals surface area contributed by atoms with Crippen molar-refractivity contribution in [1.29, 1.82) is 0 Å². The summed E-state index contributed by atoms with van der Waals surface area (Å²) < 4.78 is 5.04. The van der Waals surface area contributed by atoms with Gasteiger partial charge >= 0.3 is 5.97 Å². The normalized spacial score (nSPS) is 11.3. The largest absolute Gasteiger partial charge is 0.465 e. The fourth-order valence-electron chi connectivity index (χ4n) is 0.934. The molecule has 0 saturated carbocycles. The zero-order valence-electron chi connectivity index (χ0n) is 8.35. The predicted octanol–water partition coefficient (Wildman–Crippen LogP) is 2.58. The van der Waals surface area contributed by atoms with Gasteiger partial charge in [-0.15, -0.1) is 0 Å². The molecule has 0 aliphatic heterocycles. The Hall–Kier alpha value is -0.530. The first kappa shape index (κ1) is 11.5. The molecule has 0 fully saturated rings. The Balaban J connectivity index is 3.88. The molecule has 0 saturated heterocycles. The molecule has 0 amide bonds. The van der Waals surface area contributed by atoms with E-state index in [0.717, 1.165) is 19.3 Å². The van der Waals surface area contributed by atoms with Crippen LogP contribution >= 0.6 is 0 Å². The molecule has 1 radical (unpaired) electrons. The molecule has 71 valence electrons. The lowest BCUT2D eigenvalue weighted by Gasteiger charge is -2.21. The zero-order chi connectivity index (χ0) is 9.61. The fraction of sp³-hybridized carbons (Fsp3) is 0.800. The van der Waals surface area contributed by atoms with Crippen molar-refractivity contribution in [3.63, 3.8) is 0 Å². The van der Waals surface area contributed by atoms with E-state index in [1.54, 1.807) is 0 Å². The lowest BCUT2D eigenvalue weighted by Crippen LogP contribution is -2.26. The maximum atomic E-state index is 11.4. The van der Waals surface area contributed by atoms with Crippen molar-refractivity contribution in [2.45, 2.75) is 40.0 Å². The Morgan fingerprint density at radius 1 is 1.50 bits per heavy atom. The van der Waals surface area contributed by atoms with Crippen LogP contribution < -0.4 is 0 Å². The van der Waals surface area contributed by atoms with E-state index in [2.05, 4.69) is 6.92 Å². The predicted molar refractivity (Wildman–Crippen MR) is 49.6 cm³/mol. The Kier molecular flexibility index (Phi) is 4.95. The Bertz CT molecular complexity index is 139. The van der Waals surface area contributed by atoms with Gasteiger partial charge in [0.2, 0.25) is 0 Å². The van der Waals surface area contributed by atoms with Gasteiger partial charge in [-0.3, -0.25) is 4.79 Å². The summed E-state index contributed by atoms with van der Waals surface area (Å²) in [5, 5.41) is 0. The van der Waals surface area contributed by atoms with Crippen LogP contribution in [0.1, 0.15) is 40.0 Å². The number of ether oxygens (including phenoxy) is 1. The second-order valence-corrected chi connectivity index (χ2v) is 3.62. The van der Waals surface area contributed by atoms with Crippen LogP contribution in [0.25, 0.3) is 0 Å². The second-order valence-electron chi connectivity index (χ2n) is 3.62. The van der Waals surface area contributed by atoms with E-state index in [9.17, 15) is 4.79 Å². The van der Waals surface area contributed by atoms with E-state index in [-0.39, 0.29) is 11.4 Å². The van der Waals surface area contributed by atoms with E-state index in [0.29, 0.717) is 6.61 Å². The number of esters is 1. The summed E-state index contributed by atoms with van der Waals surface area (Å²) in [6.45, 7) is 10.0. The van der Waals surface area contributed by atoms with Gasteiger partial charge in [-0.25, -0.2) is 0 Å². The van der Waals surface area contributed by atoms with Gasteiger partial charge in [0.15, 0.2) is 0 Å². The van der Waals surface area contributed by atoms with E-state index in [4.69, 9.17) is 4.74 Å². The molecule has 0 heterocycles. The van der Waals surface area contributed by atoms with Gasteiger partial charge in [0, 0.05) is 0 Å². The van der Waals surface area contributed by atoms with Gasteiger partial charge < -0.3 is 4.74 Å². The lowest BCUT2D eigenvalue weighted by atomic mass is 9.88. The summed E-state index contributed by atoms with van der Waals surface area (Å²) >= 11 is 0. The number of carbonyl (C=O) groups is 1. The Labute approximate surface area is 75.3 Å². The number of carbonyl (C=O) groups excluding carboxylic acids is 1. The average molecular weight is 171 g/mol. The molecule has 2 nitrogen and oxygen atoms in total. The minimum atomic E-state index is -0.364. The maximum absolute atomic E-state index is 11.4. The third-order valence-electron chi connectivity index (χ3n) is 1.79. The van der Waals surface area contributed by atoms with Crippen molar-refractivity contribution in [3.05, 3.63) is 6.92 Å². The molecule has 0 bridgehead atoms. The monoisotopic (exact) mass is 171 g/mol. The molecule has 0 unspecified atom stereocenters. The van der Waals surface area contributed by atoms with Crippen LogP contribution in [-0.2, 0) is 9.53 Å². The van der Waals surface area contributed by atoms with Crippen LogP contribution in [0.2, 0.25) is 0 Å². The zero-order valence-corrected chi connectivity index (χ0v) is 8.35. The summed E-state index contributed by atoms with van der Waals surface area (Å²) in [7, 11) is 0. The second kappa shape index (κ2) is 5.18. The molecule has 0 aromatic carbocycles. The first-order valence-electron chi connectivity index (χ1n) is 4.51. The van der Waals surface area contributed by atoms with Gasteiger partial charge in [-0.1, -0.05) is 20.3 Å². The van der Waals surface area contributed by atoms with E-state index >= 15 is 0 Å². The van der Waals surface area contributed by atoms with Crippen LogP contribution in [0.4, 0.5) is 0 Å². The molecule has 0 aliphatic carbocycles. The van der Waals surface area contributed by atoms with Gasteiger partial charge in [-0.05, 0) is 26.7 Å². The van der Waals surface area contributed by atoms with Crippen LogP contribution in [-0.4, -0.2) is 12.6 Å². The van der Waals surface area contributed by atoms with Gasteiger partial charge in [0.1, 0.15) is 0 Å². The SMILES string of the molecule is [CH2]CCC(C)(C)C(=O)OCCC. The van der Waals surface area contributed by atoms with Gasteiger partial charge in [0.25, 0.3) is 0 Å².